The first-order chi connectivity index (χ1) is 7.18. The molecule has 15 heavy (non-hydrogen) atoms. The van der Waals surface area contributed by atoms with Crippen molar-refractivity contribution in [1.29, 1.82) is 5.26 Å². The van der Waals surface area contributed by atoms with E-state index in [4.69, 9.17) is 0 Å². The highest BCUT2D eigenvalue weighted by molar-refractivity contribution is 6.06. The van der Waals surface area contributed by atoms with E-state index >= 15 is 0 Å². The molecule has 1 saturated heterocycles. The molecule has 4 aliphatic rings. The third-order valence-corrected chi connectivity index (χ3v) is 4.44. The molecule has 0 spiro atoms. The second-order valence-corrected chi connectivity index (χ2v) is 4.96. The quantitative estimate of drug-likeness (QED) is 0.587. The molecule has 3 aliphatic carbocycles. The maximum Gasteiger partial charge on any atom is 0.232 e. The summed E-state index contributed by atoms with van der Waals surface area (Å²) in [5, 5.41) is 11.7. The van der Waals surface area contributed by atoms with Crippen molar-refractivity contribution >= 4 is 11.8 Å². The number of hydrogen-bond acceptors (Lipinski definition) is 3. The van der Waals surface area contributed by atoms with Crippen LogP contribution < -0.4 is 5.32 Å². The van der Waals surface area contributed by atoms with Gasteiger partial charge in [0.05, 0.1) is 23.3 Å². The van der Waals surface area contributed by atoms with E-state index in [0.29, 0.717) is 5.92 Å². The van der Waals surface area contributed by atoms with Gasteiger partial charge in [0.15, 0.2) is 0 Å². The average Bonchev–Trinajstić information content (AvgIpc) is 2.59. The highest BCUT2D eigenvalue weighted by Crippen LogP contribution is 2.57. The summed E-state index contributed by atoms with van der Waals surface area (Å²) < 4.78 is 0. The molecule has 2 bridgehead atoms. The Kier molecular flexibility index (Phi) is 1.54. The van der Waals surface area contributed by atoms with Crippen molar-refractivity contribution < 1.29 is 9.59 Å². The molecule has 0 aromatic rings. The summed E-state index contributed by atoms with van der Waals surface area (Å²) in [5.74, 6) is -0.594. The lowest BCUT2D eigenvalue weighted by Gasteiger charge is -2.48. The Morgan fingerprint density at radius 2 is 1.93 bits per heavy atom. The van der Waals surface area contributed by atoms with Crippen molar-refractivity contribution in [1.82, 2.24) is 5.32 Å². The molecule has 2 atom stereocenters. The maximum absolute atomic E-state index is 11.7. The van der Waals surface area contributed by atoms with Gasteiger partial charge in [-0.25, -0.2) is 0 Å². The van der Waals surface area contributed by atoms with Gasteiger partial charge in [-0.1, -0.05) is 0 Å². The van der Waals surface area contributed by atoms with Crippen LogP contribution in [0.3, 0.4) is 0 Å². The predicted molar refractivity (Wildman–Crippen MR) is 50.1 cm³/mol. The summed E-state index contributed by atoms with van der Waals surface area (Å²) in [6.07, 6.45) is 3.43. The number of hydrogen-bond donors (Lipinski definition) is 1. The monoisotopic (exact) mass is 204 g/mol. The van der Waals surface area contributed by atoms with E-state index in [1.54, 1.807) is 0 Å². The molecule has 0 radical (unpaired) electrons. The summed E-state index contributed by atoms with van der Waals surface area (Å²) in [5.41, 5.74) is -0.546. The topological polar surface area (TPSA) is 70.0 Å². The van der Waals surface area contributed by atoms with Gasteiger partial charge in [0.1, 0.15) is 0 Å². The average molecular weight is 204 g/mol. The number of fused-ring (bicyclic) bond motifs is 2. The number of nitriles is 1. The molecule has 4 fully saturated rings. The Bertz CT molecular complexity index is 388. The summed E-state index contributed by atoms with van der Waals surface area (Å²) in [6.45, 7) is 0. The van der Waals surface area contributed by atoms with Gasteiger partial charge in [0.25, 0.3) is 0 Å². The lowest BCUT2D eigenvalue weighted by molar-refractivity contribution is -0.133. The van der Waals surface area contributed by atoms with Gasteiger partial charge >= 0.3 is 0 Å². The van der Waals surface area contributed by atoms with Gasteiger partial charge < -0.3 is 0 Å². The zero-order valence-electron chi connectivity index (χ0n) is 8.32. The summed E-state index contributed by atoms with van der Waals surface area (Å²) in [6, 6.07) is 2.31. The van der Waals surface area contributed by atoms with E-state index in [1.807, 2.05) is 0 Å². The number of nitrogens with zero attached hydrogens (tertiary/aromatic N) is 1. The molecule has 1 aliphatic heterocycles. The predicted octanol–water partition coefficient (Wildman–Crippen LogP) is 0.589. The fourth-order valence-corrected chi connectivity index (χ4v) is 3.68. The number of rotatable bonds is 0. The van der Waals surface area contributed by atoms with Gasteiger partial charge in [-0.2, -0.15) is 5.26 Å². The number of carbonyl (C=O) groups is 2. The van der Waals surface area contributed by atoms with E-state index in [9.17, 15) is 14.9 Å². The van der Waals surface area contributed by atoms with Gasteiger partial charge in [0, 0.05) is 0 Å². The third-order valence-electron chi connectivity index (χ3n) is 4.44. The summed E-state index contributed by atoms with van der Waals surface area (Å²) in [7, 11) is 0. The molecule has 0 aromatic heterocycles. The number of amides is 2. The second-order valence-electron chi connectivity index (χ2n) is 4.96. The minimum absolute atomic E-state index is 0.144. The smallest absolute Gasteiger partial charge is 0.232 e. The Balaban J connectivity index is 2.10. The lowest BCUT2D eigenvalue weighted by Crippen LogP contribution is -2.49. The van der Waals surface area contributed by atoms with E-state index < -0.39 is 5.41 Å². The lowest BCUT2D eigenvalue weighted by atomic mass is 9.52. The molecular formula is C11H12N2O2. The Hall–Kier alpha value is -1.37. The van der Waals surface area contributed by atoms with E-state index in [2.05, 4.69) is 11.4 Å². The standard InChI is InChI=1S/C11H12N2O2/c12-5-11-3-1-6(2-4-11)7-8(11)10(15)13-9(7)14/h6-8H,1-4H2,(H,13,14,15)/t6?,7-,8-,11?/m0/s1. The van der Waals surface area contributed by atoms with Crippen LogP contribution in [-0.2, 0) is 9.59 Å². The van der Waals surface area contributed by atoms with Crippen LogP contribution in [0.15, 0.2) is 0 Å². The third kappa shape index (κ3) is 0.909. The second kappa shape index (κ2) is 2.60. The van der Waals surface area contributed by atoms with Crippen molar-refractivity contribution in [2.45, 2.75) is 25.7 Å². The van der Waals surface area contributed by atoms with Crippen LogP contribution in [0.25, 0.3) is 0 Å². The molecule has 2 amide bonds. The van der Waals surface area contributed by atoms with Crippen LogP contribution in [-0.4, -0.2) is 11.8 Å². The molecule has 4 nitrogen and oxygen atoms in total. The molecule has 1 heterocycles. The van der Waals surface area contributed by atoms with Crippen LogP contribution in [0, 0.1) is 34.5 Å². The molecule has 4 rings (SSSR count). The zero-order chi connectivity index (χ0) is 10.6. The highest BCUT2D eigenvalue weighted by Gasteiger charge is 2.62. The largest absolute Gasteiger partial charge is 0.296 e. The molecule has 3 saturated carbocycles. The first-order valence-corrected chi connectivity index (χ1v) is 5.44. The highest BCUT2D eigenvalue weighted by atomic mass is 16.2. The van der Waals surface area contributed by atoms with Crippen LogP contribution >= 0.6 is 0 Å². The normalized spacial score (nSPS) is 47.3. The molecule has 4 heteroatoms. The minimum atomic E-state index is -0.546. The van der Waals surface area contributed by atoms with Crippen LogP contribution in [0.5, 0.6) is 0 Å². The Morgan fingerprint density at radius 1 is 1.27 bits per heavy atom. The van der Waals surface area contributed by atoms with Crippen LogP contribution in [0.2, 0.25) is 0 Å². The molecule has 0 aromatic carbocycles. The minimum Gasteiger partial charge on any atom is -0.296 e. The molecule has 0 unspecified atom stereocenters. The van der Waals surface area contributed by atoms with Gasteiger partial charge in [-0.05, 0) is 31.6 Å². The van der Waals surface area contributed by atoms with Crippen molar-refractivity contribution in [2.75, 3.05) is 0 Å². The van der Waals surface area contributed by atoms with Crippen LogP contribution in [0.1, 0.15) is 25.7 Å². The molecular weight excluding hydrogens is 192 g/mol. The Morgan fingerprint density at radius 3 is 2.53 bits per heavy atom. The maximum atomic E-state index is 11.7. The first kappa shape index (κ1) is 8.90. The van der Waals surface area contributed by atoms with Crippen LogP contribution in [0.4, 0.5) is 0 Å². The summed E-state index contributed by atoms with van der Waals surface area (Å²) in [4.78, 5) is 23.3. The molecule has 78 valence electrons. The fourth-order valence-electron chi connectivity index (χ4n) is 3.68. The van der Waals surface area contributed by atoms with Crippen molar-refractivity contribution in [3.05, 3.63) is 0 Å². The van der Waals surface area contributed by atoms with E-state index in [-0.39, 0.29) is 23.7 Å². The van der Waals surface area contributed by atoms with E-state index in [0.717, 1.165) is 25.7 Å². The SMILES string of the molecule is N#CC12CCC(CC1)[C@@H]1C(=O)NC(=O)[C@H]12. The Labute approximate surface area is 87.6 Å². The number of imide groups is 1. The van der Waals surface area contributed by atoms with Crippen molar-refractivity contribution in [2.24, 2.45) is 23.2 Å². The molecule has 1 N–H and O–H groups in total. The number of nitrogens with one attached hydrogen (secondary N) is 1. The zero-order valence-corrected chi connectivity index (χ0v) is 8.32. The van der Waals surface area contributed by atoms with Crippen molar-refractivity contribution in [3.8, 4) is 6.07 Å². The van der Waals surface area contributed by atoms with E-state index in [1.165, 1.54) is 0 Å². The number of carbonyl (C=O) groups excluding carboxylic acids is 2. The fraction of sp³-hybridized carbons (Fsp3) is 0.727. The van der Waals surface area contributed by atoms with Crippen molar-refractivity contribution in [3.63, 3.8) is 0 Å². The summed E-state index contributed by atoms with van der Waals surface area (Å²) >= 11 is 0. The van der Waals surface area contributed by atoms with Gasteiger partial charge in [-0.3, -0.25) is 14.9 Å². The van der Waals surface area contributed by atoms with Gasteiger partial charge in [-0.15, -0.1) is 0 Å². The van der Waals surface area contributed by atoms with Gasteiger partial charge in [0.2, 0.25) is 11.8 Å². The first-order valence-electron chi connectivity index (χ1n) is 5.44.